The molecule has 2 rings (SSSR count). The van der Waals surface area contributed by atoms with Crippen LogP contribution in [0.3, 0.4) is 0 Å². The molecule has 40 heavy (non-hydrogen) atoms. The lowest BCUT2D eigenvalue weighted by atomic mass is 9.89. The maximum Gasteiger partial charge on any atom is 0.349 e. The summed E-state index contributed by atoms with van der Waals surface area (Å²) in [4.78, 5) is 75.8. The van der Waals surface area contributed by atoms with Gasteiger partial charge in [0.25, 0.3) is 0 Å². The molecular weight excluding hydrogens is 552 g/mol. The lowest BCUT2D eigenvalue weighted by molar-refractivity contribution is -0.224. The van der Waals surface area contributed by atoms with Crippen molar-refractivity contribution >= 4 is 47.5 Å². The molecule has 1 aromatic heterocycles. The molecule has 1 aromatic rings. The summed E-state index contributed by atoms with van der Waals surface area (Å²) in [6.07, 6.45) is -4.63. The molecule has 0 saturated carbocycles. The van der Waals surface area contributed by atoms with Gasteiger partial charge in [0.15, 0.2) is 12.2 Å². The van der Waals surface area contributed by atoms with E-state index in [2.05, 4.69) is 10.3 Å². The second kappa shape index (κ2) is 14.6. The molecule has 0 aromatic carbocycles. The average Bonchev–Trinajstić information content (AvgIpc) is 2.85. The molecule has 1 aliphatic rings. The van der Waals surface area contributed by atoms with Crippen molar-refractivity contribution < 1.29 is 57.2 Å². The summed E-state index contributed by atoms with van der Waals surface area (Å²) in [6.45, 7) is 5.01. The summed E-state index contributed by atoms with van der Waals surface area (Å²) in [6, 6.07) is 3.69. The van der Waals surface area contributed by atoms with Gasteiger partial charge in [-0.1, -0.05) is 17.8 Å². The molecular formula is C25H32N2O12S. The van der Waals surface area contributed by atoms with Crippen molar-refractivity contribution in [2.75, 3.05) is 13.7 Å². The normalized spacial score (nSPS) is 23.5. The number of hydrogen-bond acceptors (Lipinski definition) is 14. The highest BCUT2D eigenvalue weighted by Crippen LogP contribution is 2.45. The molecule has 15 heteroatoms. The Bertz CT molecular complexity index is 1100. The first-order chi connectivity index (χ1) is 18.8. The summed E-state index contributed by atoms with van der Waals surface area (Å²) in [5.74, 6) is -4.63. The smallest absolute Gasteiger partial charge is 0.349 e. The number of carbonyl (C=O) groups excluding carboxylic acids is 6. The number of carbonyl (C=O) groups is 6. The van der Waals surface area contributed by atoms with Gasteiger partial charge in [0.2, 0.25) is 10.8 Å². The second-order valence-corrected chi connectivity index (χ2v) is 9.98. The van der Waals surface area contributed by atoms with E-state index in [4.69, 9.17) is 28.4 Å². The van der Waals surface area contributed by atoms with E-state index in [-0.39, 0.29) is 6.42 Å². The number of amides is 1. The van der Waals surface area contributed by atoms with E-state index < -0.39 is 77.8 Å². The molecule has 0 spiro atoms. The predicted molar refractivity (Wildman–Crippen MR) is 135 cm³/mol. The zero-order valence-electron chi connectivity index (χ0n) is 22.9. The molecule has 14 nitrogen and oxygen atoms in total. The van der Waals surface area contributed by atoms with Gasteiger partial charge in [0.1, 0.15) is 18.8 Å². The minimum absolute atomic E-state index is 0.323. The van der Waals surface area contributed by atoms with E-state index in [1.54, 1.807) is 18.2 Å². The molecule has 2 heterocycles. The fourth-order valence-electron chi connectivity index (χ4n) is 4.08. The monoisotopic (exact) mass is 584 g/mol. The van der Waals surface area contributed by atoms with E-state index in [9.17, 15) is 28.8 Å². The van der Waals surface area contributed by atoms with Gasteiger partial charge in [-0.15, -0.1) is 0 Å². The predicted octanol–water partition coefficient (Wildman–Crippen LogP) is 0.695. The standard InChI is InChI=1S/C25H32N2O12S/c1-13(28)27-21-18(36-15(3)30)11-25(24(33)34-6,40-20-9-7-8-10-26-20)39-23(21)22(38-17(5)32)19(37-16(4)31)12-35-14(2)29/h7-10,18-19,21-23H,11-12H2,1-6H3,(H,27,28)/t18-,19-,21-,22-,23?,25+/m1/s1. The number of thioether (sulfide) groups is 1. The Balaban J connectivity index is 2.76. The second-order valence-electron chi connectivity index (χ2n) is 8.70. The van der Waals surface area contributed by atoms with Crippen LogP contribution in [0.25, 0.3) is 0 Å². The van der Waals surface area contributed by atoms with Gasteiger partial charge in [-0.25, -0.2) is 9.78 Å². The molecule has 0 radical (unpaired) electrons. The number of nitrogens with zero attached hydrogens (tertiary/aromatic N) is 1. The van der Waals surface area contributed by atoms with Crippen LogP contribution in [-0.4, -0.2) is 89.8 Å². The molecule has 1 N–H and O–H groups in total. The molecule has 220 valence electrons. The van der Waals surface area contributed by atoms with Crippen LogP contribution >= 0.6 is 11.8 Å². The maximum absolute atomic E-state index is 13.3. The number of esters is 5. The van der Waals surface area contributed by atoms with Gasteiger partial charge >= 0.3 is 29.8 Å². The fraction of sp³-hybridized carbons (Fsp3) is 0.560. The van der Waals surface area contributed by atoms with Crippen LogP contribution in [0.15, 0.2) is 29.4 Å². The Morgan fingerprint density at radius 2 is 1.70 bits per heavy atom. The van der Waals surface area contributed by atoms with Crippen molar-refractivity contribution in [3.63, 3.8) is 0 Å². The molecule has 0 bridgehead atoms. The molecule has 0 aliphatic carbocycles. The van der Waals surface area contributed by atoms with Crippen molar-refractivity contribution in [3.05, 3.63) is 24.4 Å². The van der Waals surface area contributed by atoms with Gasteiger partial charge in [-0.2, -0.15) is 0 Å². The van der Waals surface area contributed by atoms with E-state index in [1.807, 2.05) is 0 Å². The first kappa shape index (κ1) is 32.5. The number of nitrogens with one attached hydrogen (secondary N) is 1. The number of methoxy groups -OCH3 is 1. The van der Waals surface area contributed by atoms with Crippen molar-refractivity contribution in [2.24, 2.45) is 0 Å². The van der Waals surface area contributed by atoms with Gasteiger partial charge in [-0.05, 0) is 12.1 Å². The van der Waals surface area contributed by atoms with Gasteiger partial charge < -0.3 is 33.7 Å². The summed E-state index contributed by atoms with van der Waals surface area (Å²) < 4.78 is 32.8. The Kier molecular flexibility index (Phi) is 11.9. The van der Waals surface area contributed by atoms with Crippen molar-refractivity contribution in [3.8, 4) is 0 Å². The van der Waals surface area contributed by atoms with Crippen LogP contribution in [0.2, 0.25) is 0 Å². The molecule has 1 aliphatic heterocycles. The zero-order valence-corrected chi connectivity index (χ0v) is 23.7. The van der Waals surface area contributed by atoms with Crippen LogP contribution in [0.4, 0.5) is 0 Å². The highest BCUT2D eigenvalue weighted by Gasteiger charge is 2.59. The third-order valence-corrected chi connectivity index (χ3v) is 6.61. The van der Waals surface area contributed by atoms with Crippen molar-refractivity contribution in [1.29, 1.82) is 0 Å². The minimum Gasteiger partial charge on any atom is -0.466 e. The van der Waals surface area contributed by atoms with Crippen LogP contribution in [0.1, 0.15) is 41.0 Å². The molecule has 1 saturated heterocycles. The molecule has 1 amide bonds. The van der Waals surface area contributed by atoms with Crippen molar-refractivity contribution in [2.45, 2.75) is 81.5 Å². The summed E-state index contributed by atoms with van der Waals surface area (Å²) >= 11 is 0.835. The zero-order chi connectivity index (χ0) is 30.0. The van der Waals surface area contributed by atoms with Gasteiger partial charge in [0.05, 0.1) is 18.2 Å². The van der Waals surface area contributed by atoms with Crippen LogP contribution in [0, 0.1) is 0 Å². The number of hydrogen-bond donors (Lipinski definition) is 1. The molecule has 1 unspecified atom stereocenters. The lowest BCUT2D eigenvalue weighted by Gasteiger charge is -2.48. The Morgan fingerprint density at radius 3 is 2.20 bits per heavy atom. The number of pyridine rings is 1. The van der Waals surface area contributed by atoms with E-state index in [0.29, 0.717) is 5.03 Å². The quantitative estimate of drug-likeness (QED) is 0.283. The Morgan fingerprint density at radius 1 is 1.02 bits per heavy atom. The van der Waals surface area contributed by atoms with Crippen LogP contribution in [0.5, 0.6) is 0 Å². The first-order valence-electron chi connectivity index (χ1n) is 12.1. The number of rotatable bonds is 11. The molecule has 6 atom stereocenters. The third-order valence-electron chi connectivity index (χ3n) is 5.40. The highest BCUT2D eigenvalue weighted by molar-refractivity contribution is 8.01. The van der Waals surface area contributed by atoms with E-state index >= 15 is 0 Å². The third kappa shape index (κ3) is 9.19. The lowest BCUT2D eigenvalue weighted by Crippen LogP contribution is -2.68. The SMILES string of the molecule is COC(=O)[C@@]1(Sc2ccccn2)C[C@@H](OC(C)=O)[C@@H](NC(C)=O)C([C@H](OC(C)=O)[C@@H](COC(C)=O)OC(C)=O)O1. The Labute approximate surface area is 234 Å². The largest absolute Gasteiger partial charge is 0.466 e. The highest BCUT2D eigenvalue weighted by atomic mass is 32.2. The van der Waals surface area contributed by atoms with E-state index in [0.717, 1.165) is 46.6 Å². The molecule has 1 fully saturated rings. The van der Waals surface area contributed by atoms with Gasteiger partial charge in [0, 0.05) is 47.2 Å². The van der Waals surface area contributed by atoms with Crippen LogP contribution in [-0.2, 0) is 57.2 Å². The summed E-state index contributed by atoms with van der Waals surface area (Å²) in [7, 11) is 1.12. The van der Waals surface area contributed by atoms with Crippen molar-refractivity contribution in [1.82, 2.24) is 10.3 Å². The minimum atomic E-state index is -1.95. The first-order valence-corrected chi connectivity index (χ1v) is 12.9. The summed E-state index contributed by atoms with van der Waals surface area (Å²) in [5.41, 5.74) is 0. The summed E-state index contributed by atoms with van der Waals surface area (Å²) in [5, 5.41) is 2.94. The topological polar surface area (TPSA) is 183 Å². The average molecular weight is 585 g/mol. The number of ether oxygens (including phenoxy) is 6. The van der Waals surface area contributed by atoms with Gasteiger partial charge in [-0.3, -0.25) is 24.0 Å². The number of aromatic nitrogens is 1. The fourth-order valence-corrected chi connectivity index (χ4v) is 5.25. The van der Waals surface area contributed by atoms with E-state index in [1.165, 1.54) is 13.1 Å². The maximum atomic E-state index is 13.3. The Hall–Kier alpha value is -3.72. The van der Waals surface area contributed by atoms with Crippen LogP contribution < -0.4 is 5.32 Å².